The van der Waals surface area contributed by atoms with Gasteiger partial charge in [0, 0.05) is 39.1 Å². The minimum Gasteiger partial charge on any atom is -0.445 e. The molecule has 0 unspecified atom stereocenters. The van der Waals surface area contributed by atoms with E-state index >= 15 is 0 Å². The zero-order valence-corrected chi connectivity index (χ0v) is 21.0. The van der Waals surface area contributed by atoms with Crippen molar-refractivity contribution in [2.24, 2.45) is 0 Å². The summed E-state index contributed by atoms with van der Waals surface area (Å²) in [7, 11) is 0. The second-order valence-corrected chi connectivity index (χ2v) is 9.94. The molecule has 3 rings (SSSR count). The predicted octanol–water partition coefficient (Wildman–Crippen LogP) is 3.01. The molecule has 0 bridgehead atoms. The summed E-state index contributed by atoms with van der Waals surface area (Å²) in [5, 5.41) is 2.78. The smallest absolute Gasteiger partial charge is 0.410 e. The topological polar surface area (TPSA) is 108 Å². The van der Waals surface area contributed by atoms with Gasteiger partial charge in [0.1, 0.15) is 18.2 Å². The highest BCUT2D eigenvalue weighted by Gasteiger charge is 2.43. The molecule has 2 fully saturated rings. The van der Waals surface area contributed by atoms with Crippen molar-refractivity contribution in [2.45, 2.75) is 72.3 Å². The first-order chi connectivity index (χ1) is 16.5. The largest absolute Gasteiger partial charge is 0.445 e. The van der Waals surface area contributed by atoms with E-state index in [1.54, 1.807) is 25.7 Å². The van der Waals surface area contributed by atoms with Gasteiger partial charge in [0.25, 0.3) is 0 Å². The van der Waals surface area contributed by atoms with Crippen LogP contribution in [0.25, 0.3) is 0 Å². The average molecular weight is 505 g/mol. The number of likely N-dealkylation sites (tertiary alicyclic amines) is 1. The normalized spacial score (nSPS) is 19.8. The Morgan fingerprint density at radius 3 is 2.33 bits per heavy atom. The number of carbonyl (C=O) groups excluding carboxylic acids is 4. The summed E-state index contributed by atoms with van der Waals surface area (Å²) in [4.78, 5) is 55.4. The van der Waals surface area contributed by atoms with Crippen molar-refractivity contribution in [3.63, 3.8) is 0 Å². The Balaban J connectivity index is 0.00000456. The van der Waals surface area contributed by atoms with Crippen molar-refractivity contribution in [2.75, 3.05) is 32.7 Å². The third-order valence-corrected chi connectivity index (χ3v) is 6.00. The second kappa shape index (κ2) is 12.6. The molecule has 200 valence electrons. The summed E-state index contributed by atoms with van der Waals surface area (Å²) in [6.45, 7) is 8.12. The van der Waals surface area contributed by atoms with Gasteiger partial charge in [-0.25, -0.2) is 9.59 Å². The van der Waals surface area contributed by atoms with Crippen molar-refractivity contribution in [3.8, 4) is 0 Å². The maximum absolute atomic E-state index is 13.7. The van der Waals surface area contributed by atoms with Crippen molar-refractivity contribution in [3.05, 3.63) is 35.9 Å². The van der Waals surface area contributed by atoms with Gasteiger partial charge in [-0.05, 0) is 39.2 Å². The highest BCUT2D eigenvalue weighted by Crippen LogP contribution is 2.23. The minimum absolute atomic E-state index is 0. The Morgan fingerprint density at radius 1 is 1.00 bits per heavy atom. The van der Waals surface area contributed by atoms with E-state index in [4.69, 9.17) is 9.47 Å². The fourth-order valence-corrected chi connectivity index (χ4v) is 4.30. The van der Waals surface area contributed by atoms with Gasteiger partial charge < -0.3 is 24.6 Å². The number of carbonyl (C=O) groups is 4. The van der Waals surface area contributed by atoms with Crippen LogP contribution in [0, 0.1) is 0 Å². The lowest BCUT2D eigenvalue weighted by Crippen LogP contribution is -2.63. The molecule has 1 N–H and O–H groups in total. The van der Waals surface area contributed by atoms with Crippen LogP contribution < -0.4 is 5.32 Å². The number of amides is 4. The highest BCUT2D eigenvalue weighted by molar-refractivity contribution is 5.87. The second-order valence-electron chi connectivity index (χ2n) is 9.94. The first-order valence-corrected chi connectivity index (χ1v) is 12.1. The van der Waals surface area contributed by atoms with E-state index in [1.165, 1.54) is 16.7 Å². The number of ether oxygens (including phenoxy) is 2. The predicted molar refractivity (Wildman–Crippen MR) is 135 cm³/mol. The minimum atomic E-state index is -0.905. The Bertz CT molecular complexity index is 917. The van der Waals surface area contributed by atoms with Crippen LogP contribution in [-0.4, -0.2) is 89.1 Å². The maximum atomic E-state index is 13.7. The molecule has 0 saturated carbocycles. The molecule has 10 nitrogen and oxygen atoms in total. The van der Waals surface area contributed by atoms with Crippen LogP contribution in [0.3, 0.4) is 0 Å². The van der Waals surface area contributed by atoms with E-state index in [1.807, 2.05) is 30.3 Å². The summed E-state index contributed by atoms with van der Waals surface area (Å²) >= 11 is 0. The van der Waals surface area contributed by atoms with E-state index in [9.17, 15) is 19.2 Å². The van der Waals surface area contributed by atoms with Crippen molar-refractivity contribution < 1.29 is 28.7 Å². The van der Waals surface area contributed by atoms with Crippen molar-refractivity contribution >= 4 is 24.0 Å². The van der Waals surface area contributed by atoms with E-state index in [-0.39, 0.29) is 51.5 Å². The molecule has 1 aromatic carbocycles. The van der Waals surface area contributed by atoms with Gasteiger partial charge in [-0.15, -0.1) is 0 Å². The molecular weight excluding hydrogens is 464 g/mol. The van der Waals surface area contributed by atoms with E-state index in [0.717, 1.165) is 18.4 Å². The summed E-state index contributed by atoms with van der Waals surface area (Å²) < 4.78 is 11.0. The molecule has 10 heteroatoms. The Labute approximate surface area is 213 Å². The van der Waals surface area contributed by atoms with Crippen LogP contribution >= 0.6 is 0 Å². The monoisotopic (exact) mass is 504 g/mol. The molecule has 2 saturated heterocycles. The molecule has 2 aliphatic rings. The standard InChI is InChI=1S/C25H36N4O6.CH4/c1-18(30)26-15-20-11-8-12-28(20)22(31)21-16-27(23(32)35-25(2,3)4)13-14-29(21)24(33)34-17-19-9-6-5-7-10-19;/h5-7,9-10,20-21H,8,11-17H2,1-4H3,(H,26,30);1H4/t20-,21+;/m0./s1. The van der Waals surface area contributed by atoms with Crippen LogP contribution in [-0.2, 0) is 25.7 Å². The fraction of sp³-hybridized carbons (Fsp3) is 0.615. The van der Waals surface area contributed by atoms with Gasteiger partial charge in [-0.2, -0.15) is 0 Å². The SMILES string of the molecule is C.CC(=O)NC[C@@H]1CCCN1C(=O)[C@H]1CN(C(=O)OC(C)(C)C)CCN1C(=O)OCc1ccccc1. The summed E-state index contributed by atoms with van der Waals surface area (Å²) in [6.07, 6.45) is 0.432. The van der Waals surface area contributed by atoms with Gasteiger partial charge >= 0.3 is 12.2 Å². The summed E-state index contributed by atoms with van der Waals surface area (Å²) in [5.41, 5.74) is 0.159. The van der Waals surface area contributed by atoms with Gasteiger partial charge in [0.15, 0.2) is 0 Å². The Morgan fingerprint density at radius 2 is 1.69 bits per heavy atom. The van der Waals surface area contributed by atoms with Crippen molar-refractivity contribution in [1.82, 2.24) is 20.0 Å². The molecule has 0 aliphatic carbocycles. The number of hydrogen-bond donors (Lipinski definition) is 1. The molecule has 2 aliphatic heterocycles. The number of rotatable bonds is 5. The molecule has 2 heterocycles. The lowest BCUT2D eigenvalue weighted by Gasteiger charge is -2.42. The Hall–Kier alpha value is -3.30. The van der Waals surface area contributed by atoms with Gasteiger partial charge in [-0.3, -0.25) is 14.5 Å². The van der Waals surface area contributed by atoms with Crippen LogP contribution in [0.2, 0.25) is 0 Å². The molecule has 0 aromatic heterocycles. The maximum Gasteiger partial charge on any atom is 0.410 e. The van der Waals surface area contributed by atoms with E-state index in [0.29, 0.717) is 13.1 Å². The number of hydrogen-bond acceptors (Lipinski definition) is 6. The molecule has 36 heavy (non-hydrogen) atoms. The molecule has 4 amide bonds. The lowest BCUT2D eigenvalue weighted by atomic mass is 10.1. The molecule has 0 radical (unpaired) electrons. The molecule has 0 spiro atoms. The Kier molecular flexibility index (Phi) is 10.1. The zero-order valence-electron chi connectivity index (χ0n) is 21.0. The number of benzene rings is 1. The molecule has 1 aromatic rings. The van der Waals surface area contributed by atoms with E-state index < -0.39 is 23.8 Å². The van der Waals surface area contributed by atoms with Crippen LogP contribution in [0.4, 0.5) is 9.59 Å². The first-order valence-electron chi connectivity index (χ1n) is 12.1. The van der Waals surface area contributed by atoms with Gasteiger partial charge in [0.05, 0.1) is 6.54 Å². The number of piperazine rings is 1. The third kappa shape index (κ3) is 7.86. The van der Waals surface area contributed by atoms with Crippen LogP contribution in [0.5, 0.6) is 0 Å². The van der Waals surface area contributed by atoms with E-state index in [2.05, 4.69) is 5.32 Å². The quantitative estimate of drug-likeness (QED) is 0.660. The van der Waals surface area contributed by atoms with Crippen LogP contribution in [0.1, 0.15) is 53.5 Å². The lowest BCUT2D eigenvalue weighted by molar-refractivity contribution is -0.139. The van der Waals surface area contributed by atoms with Gasteiger partial charge in [0.2, 0.25) is 11.8 Å². The van der Waals surface area contributed by atoms with Gasteiger partial charge in [-0.1, -0.05) is 37.8 Å². The fourth-order valence-electron chi connectivity index (χ4n) is 4.30. The molecular formula is C26H40N4O6. The van der Waals surface area contributed by atoms with Crippen LogP contribution in [0.15, 0.2) is 30.3 Å². The molecule has 2 atom stereocenters. The number of nitrogens with one attached hydrogen (secondary N) is 1. The number of nitrogens with zero attached hydrogens (tertiary/aromatic N) is 3. The van der Waals surface area contributed by atoms with Crippen molar-refractivity contribution in [1.29, 1.82) is 0 Å². The highest BCUT2D eigenvalue weighted by atomic mass is 16.6. The first kappa shape index (κ1) is 28.9. The summed E-state index contributed by atoms with van der Waals surface area (Å²) in [6, 6.07) is 8.24. The zero-order chi connectivity index (χ0) is 25.6. The average Bonchev–Trinajstić information content (AvgIpc) is 3.28. The third-order valence-electron chi connectivity index (χ3n) is 6.00. The summed E-state index contributed by atoms with van der Waals surface area (Å²) in [5.74, 6) is -0.424.